The van der Waals surface area contributed by atoms with Gasteiger partial charge in [-0.2, -0.15) is 5.10 Å². The topological polar surface area (TPSA) is 92.3 Å². The minimum atomic E-state index is -0.613. The molecule has 3 aromatic heterocycles. The van der Waals surface area contributed by atoms with Gasteiger partial charge < -0.3 is 5.32 Å². The summed E-state index contributed by atoms with van der Waals surface area (Å²) in [5, 5.41) is 11.5. The first-order chi connectivity index (χ1) is 14.2. The van der Waals surface area contributed by atoms with Gasteiger partial charge in [0, 0.05) is 35.3 Å². The van der Waals surface area contributed by atoms with Crippen LogP contribution >= 0.6 is 0 Å². The molecule has 9 heteroatoms. The van der Waals surface area contributed by atoms with Gasteiger partial charge in [0.25, 0.3) is 0 Å². The lowest BCUT2D eigenvalue weighted by molar-refractivity contribution is 0.574. The molecule has 0 spiro atoms. The molecule has 2 N–H and O–H groups in total. The minimum absolute atomic E-state index is 0.148. The van der Waals surface area contributed by atoms with Crippen LogP contribution in [0.3, 0.4) is 0 Å². The van der Waals surface area contributed by atoms with Crippen LogP contribution in [0.4, 0.5) is 14.7 Å². The number of fused-ring (bicyclic) bond motifs is 2. The van der Waals surface area contributed by atoms with Crippen molar-refractivity contribution < 1.29 is 8.78 Å². The van der Waals surface area contributed by atoms with E-state index >= 15 is 0 Å². The number of anilines is 1. The molecule has 29 heavy (non-hydrogen) atoms. The zero-order chi connectivity index (χ0) is 19.8. The van der Waals surface area contributed by atoms with E-state index in [0.29, 0.717) is 17.2 Å². The van der Waals surface area contributed by atoms with Gasteiger partial charge in [-0.05, 0) is 18.2 Å². The molecule has 0 aliphatic rings. The fraction of sp³-hybridized carbons (Fsp3) is 0.0500. The standard InChI is InChI=1S/C20H13F2N7/c21-14-3-1-12(16(22)6-14)7-23-20-24-8-13-5-11(2-4-17(13)28-20)18-15-9-27-29-19(15)26-10-25-18/h1-6,8-10H,7H2,(H,23,24,28)(H,25,26,27,29). The van der Waals surface area contributed by atoms with Gasteiger partial charge in [-0.1, -0.05) is 12.1 Å². The Balaban J connectivity index is 1.43. The predicted octanol–water partition coefficient (Wildman–Crippen LogP) is 3.85. The molecule has 0 bridgehead atoms. The fourth-order valence-electron chi connectivity index (χ4n) is 3.10. The Kier molecular flexibility index (Phi) is 4.05. The fourth-order valence-corrected chi connectivity index (χ4v) is 3.10. The van der Waals surface area contributed by atoms with Crippen molar-refractivity contribution >= 4 is 27.9 Å². The first-order valence-electron chi connectivity index (χ1n) is 8.76. The molecule has 0 fully saturated rings. The largest absolute Gasteiger partial charge is 0.350 e. The molecule has 0 amide bonds. The molecular formula is C20H13F2N7. The number of rotatable bonds is 4. The second kappa shape index (κ2) is 6.86. The van der Waals surface area contributed by atoms with Crippen LogP contribution in [0, 0.1) is 11.6 Å². The number of halogens is 2. The van der Waals surface area contributed by atoms with E-state index in [2.05, 4.69) is 35.5 Å². The Morgan fingerprint density at radius 1 is 0.966 bits per heavy atom. The normalized spacial score (nSPS) is 11.2. The quantitative estimate of drug-likeness (QED) is 0.485. The summed E-state index contributed by atoms with van der Waals surface area (Å²) < 4.78 is 26.8. The first kappa shape index (κ1) is 17.1. The third-order valence-corrected chi connectivity index (χ3v) is 4.55. The maximum Gasteiger partial charge on any atom is 0.223 e. The van der Waals surface area contributed by atoms with Crippen molar-refractivity contribution in [2.24, 2.45) is 0 Å². The molecule has 0 aliphatic heterocycles. The van der Waals surface area contributed by atoms with Crippen molar-refractivity contribution in [3.8, 4) is 11.3 Å². The number of benzene rings is 2. The van der Waals surface area contributed by atoms with Gasteiger partial charge in [0.2, 0.25) is 5.95 Å². The van der Waals surface area contributed by atoms with E-state index in [4.69, 9.17) is 0 Å². The average molecular weight is 389 g/mol. The molecule has 7 nitrogen and oxygen atoms in total. The molecule has 5 aromatic rings. The van der Waals surface area contributed by atoms with E-state index < -0.39 is 11.6 Å². The maximum atomic E-state index is 13.8. The number of aromatic nitrogens is 6. The predicted molar refractivity (Wildman–Crippen MR) is 104 cm³/mol. The van der Waals surface area contributed by atoms with Gasteiger partial charge in [0.1, 0.15) is 18.0 Å². The Morgan fingerprint density at radius 2 is 1.90 bits per heavy atom. The van der Waals surface area contributed by atoms with Gasteiger partial charge in [0.15, 0.2) is 5.65 Å². The Bertz CT molecular complexity index is 1350. The van der Waals surface area contributed by atoms with Crippen LogP contribution < -0.4 is 5.32 Å². The van der Waals surface area contributed by atoms with Crippen molar-refractivity contribution in [1.82, 2.24) is 30.1 Å². The van der Waals surface area contributed by atoms with Gasteiger partial charge in [-0.15, -0.1) is 0 Å². The SMILES string of the molecule is Fc1ccc(CNc2ncc3cc(-c4ncnc5[nH]ncc45)ccc3n2)c(F)c1. The molecule has 0 saturated carbocycles. The van der Waals surface area contributed by atoms with E-state index in [1.165, 1.54) is 18.5 Å². The highest BCUT2D eigenvalue weighted by atomic mass is 19.1. The summed E-state index contributed by atoms with van der Waals surface area (Å²) in [6.45, 7) is 0.148. The van der Waals surface area contributed by atoms with Crippen LogP contribution in [0.1, 0.15) is 5.56 Å². The molecule has 0 atom stereocenters. The molecule has 0 saturated heterocycles. The van der Waals surface area contributed by atoms with Crippen molar-refractivity contribution in [3.63, 3.8) is 0 Å². The van der Waals surface area contributed by atoms with Crippen LogP contribution in [-0.4, -0.2) is 30.1 Å². The van der Waals surface area contributed by atoms with E-state index in [1.54, 1.807) is 12.4 Å². The lowest BCUT2D eigenvalue weighted by Gasteiger charge is -2.08. The van der Waals surface area contributed by atoms with Gasteiger partial charge in [-0.25, -0.2) is 28.7 Å². The second-order valence-corrected chi connectivity index (χ2v) is 6.41. The van der Waals surface area contributed by atoms with Crippen LogP contribution in [0.2, 0.25) is 0 Å². The van der Waals surface area contributed by atoms with Crippen LogP contribution in [0.5, 0.6) is 0 Å². The van der Waals surface area contributed by atoms with E-state index in [0.717, 1.165) is 33.6 Å². The van der Waals surface area contributed by atoms with Gasteiger partial charge in [0.05, 0.1) is 22.8 Å². The Hall–Kier alpha value is -4.01. The number of aromatic amines is 1. The van der Waals surface area contributed by atoms with Crippen molar-refractivity contribution in [2.45, 2.75) is 6.54 Å². The highest BCUT2D eigenvalue weighted by molar-refractivity contribution is 5.93. The smallest absolute Gasteiger partial charge is 0.223 e. The summed E-state index contributed by atoms with van der Waals surface area (Å²) in [4.78, 5) is 17.3. The molecule has 3 heterocycles. The summed E-state index contributed by atoms with van der Waals surface area (Å²) in [6, 6.07) is 9.17. The molecule has 5 rings (SSSR count). The van der Waals surface area contributed by atoms with E-state index in [9.17, 15) is 8.78 Å². The minimum Gasteiger partial charge on any atom is -0.350 e. The van der Waals surface area contributed by atoms with Crippen LogP contribution in [0.25, 0.3) is 33.2 Å². The first-order valence-corrected chi connectivity index (χ1v) is 8.76. The maximum absolute atomic E-state index is 13.8. The second-order valence-electron chi connectivity index (χ2n) is 6.41. The van der Waals surface area contributed by atoms with Crippen molar-refractivity contribution in [1.29, 1.82) is 0 Å². The number of nitrogens with one attached hydrogen (secondary N) is 2. The number of H-pyrrole nitrogens is 1. The Labute approximate surface area is 162 Å². The van der Waals surface area contributed by atoms with Crippen molar-refractivity contribution in [2.75, 3.05) is 5.32 Å². The van der Waals surface area contributed by atoms with Gasteiger partial charge >= 0.3 is 0 Å². The summed E-state index contributed by atoms with van der Waals surface area (Å²) in [7, 11) is 0. The third-order valence-electron chi connectivity index (χ3n) is 4.55. The highest BCUT2D eigenvalue weighted by Gasteiger charge is 2.10. The zero-order valence-electron chi connectivity index (χ0n) is 14.9. The monoisotopic (exact) mass is 389 g/mol. The lowest BCUT2D eigenvalue weighted by atomic mass is 10.1. The van der Waals surface area contributed by atoms with Crippen LogP contribution in [-0.2, 0) is 6.54 Å². The zero-order valence-corrected chi connectivity index (χ0v) is 14.9. The summed E-state index contributed by atoms with van der Waals surface area (Å²) >= 11 is 0. The summed E-state index contributed by atoms with van der Waals surface area (Å²) in [6.07, 6.45) is 4.86. The lowest BCUT2D eigenvalue weighted by Crippen LogP contribution is -2.05. The van der Waals surface area contributed by atoms with E-state index in [-0.39, 0.29) is 6.54 Å². The highest BCUT2D eigenvalue weighted by Crippen LogP contribution is 2.27. The molecular weight excluding hydrogens is 376 g/mol. The van der Waals surface area contributed by atoms with Crippen molar-refractivity contribution in [3.05, 3.63) is 72.3 Å². The van der Waals surface area contributed by atoms with Gasteiger partial charge in [-0.3, -0.25) is 5.10 Å². The average Bonchev–Trinajstić information content (AvgIpc) is 3.21. The van der Waals surface area contributed by atoms with E-state index in [1.807, 2.05) is 18.2 Å². The number of hydrogen-bond donors (Lipinski definition) is 2. The molecule has 0 aliphatic carbocycles. The molecule has 0 unspecified atom stereocenters. The molecule has 142 valence electrons. The molecule has 2 aromatic carbocycles. The summed E-state index contributed by atoms with van der Waals surface area (Å²) in [5.41, 5.74) is 3.38. The summed E-state index contributed by atoms with van der Waals surface area (Å²) in [5.74, 6) is -0.869. The Morgan fingerprint density at radius 3 is 2.79 bits per heavy atom. The number of nitrogens with zero attached hydrogens (tertiary/aromatic N) is 5. The molecule has 0 radical (unpaired) electrons. The third kappa shape index (κ3) is 3.22. The van der Waals surface area contributed by atoms with Crippen LogP contribution in [0.15, 0.2) is 55.1 Å². The number of hydrogen-bond acceptors (Lipinski definition) is 6.